The number of hydrogen-bond donors (Lipinski definition) is 0. The quantitative estimate of drug-likeness (QED) is 0.397. The van der Waals surface area contributed by atoms with E-state index in [0.717, 1.165) is 44.1 Å². The van der Waals surface area contributed by atoms with Gasteiger partial charge in [0, 0.05) is 20.6 Å². The molecular formula is C21H14BrClN4O. The second-order valence-electron chi connectivity index (χ2n) is 6.48. The smallest absolute Gasteiger partial charge is 0.181 e. The summed E-state index contributed by atoms with van der Waals surface area (Å²) in [6.07, 6.45) is 3.25. The number of hydrogen-bond acceptors (Lipinski definition) is 4. The van der Waals surface area contributed by atoms with Crippen LogP contribution in [0.5, 0.6) is 0 Å². The molecule has 0 fully saturated rings. The number of benzene rings is 2. The normalized spacial score (nSPS) is 12.9. The Morgan fingerprint density at radius 1 is 1.11 bits per heavy atom. The average molecular weight is 454 g/mol. The van der Waals surface area contributed by atoms with E-state index in [0.29, 0.717) is 17.3 Å². The molecule has 0 N–H and O–H groups in total. The third-order valence-electron chi connectivity index (χ3n) is 4.82. The van der Waals surface area contributed by atoms with Gasteiger partial charge in [-0.2, -0.15) is 0 Å². The molecule has 4 aromatic rings. The summed E-state index contributed by atoms with van der Waals surface area (Å²) >= 11 is 10.1. The summed E-state index contributed by atoms with van der Waals surface area (Å²) in [5.41, 5.74) is 6.24. The van der Waals surface area contributed by atoms with E-state index in [1.54, 1.807) is 0 Å². The molecule has 7 heteroatoms. The fraction of sp³-hybridized carbons (Fsp3) is 0.0952. The fourth-order valence-electron chi connectivity index (χ4n) is 3.48. The Bertz CT molecular complexity index is 1240. The van der Waals surface area contributed by atoms with E-state index in [9.17, 15) is 0 Å². The third-order valence-corrected chi connectivity index (χ3v) is 5.64. The van der Waals surface area contributed by atoms with E-state index < -0.39 is 0 Å². The van der Waals surface area contributed by atoms with Crippen molar-refractivity contribution in [2.75, 3.05) is 0 Å². The molecule has 1 aliphatic rings. The molecule has 0 radical (unpaired) electrons. The summed E-state index contributed by atoms with van der Waals surface area (Å²) in [6.45, 7) is 2.35. The Morgan fingerprint density at radius 3 is 2.75 bits per heavy atom. The van der Waals surface area contributed by atoms with Crippen molar-refractivity contribution in [1.82, 2.24) is 14.5 Å². The number of aliphatic imine (C=N–C) groups is 1. The Labute approximate surface area is 174 Å². The minimum atomic E-state index is 0.447. The maximum absolute atomic E-state index is 6.50. The SMILES string of the molecule is Cc1ncoc1-c1ncn2c1CN=C(c1ccccc1Cl)c1cc(Br)ccc1-2. The summed E-state index contributed by atoms with van der Waals surface area (Å²) in [5.74, 6) is 0.670. The van der Waals surface area contributed by atoms with Crippen LogP contribution in [0.1, 0.15) is 22.5 Å². The topological polar surface area (TPSA) is 56.2 Å². The third kappa shape index (κ3) is 2.72. The van der Waals surface area contributed by atoms with Gasteiger partial charge >= 0.3 is 0 Å². The van der Waals surface area contributed by atoms with Gasteiger partial charge in [0.05, 0.1) is 29.3 Å². The first kappa shape index (κ1) is 17.4. The van der Waals surface area contributed by atoms with Crippen LogP contribution in [0, 0.1) is 6.92 Å². The molecule has 0 saturated heterocycles. The highest BCUT2D eigenvalue weighted by Gasteiger charge is 2.25. The van der Waals surface area contributed by atoms with Crippen molar-refractivity contribution in [3.63, 3.8) is 0 Å². The molecule has 0 unspecified atom stereocenters. The van der Waals surface area contributed by atoms with Gasteiger partial charge in [-0.3, -0.25) is 9.56 Å². The van der Waals surface area contributed by atoms with E-state index in [1.807, 2.05) is 43.6 Å². The Morgan fingerprint density at radius 2 is 1.96 bits per heavy atom. The van der Waals surface area contributed by atoms with E-state index in [-0.39, 0.29) is 0 Å². The number of rotatable bonds is 2. The van der Waals surface area contributed by atoms with Crippen LogP contribution >= 0.6 is 27.5 Å². The van der Waals surface area contributed by atoms with Crippen molar-refractivity contribution in [3.8, 4) is 17.1 Å². The van der Waals surface area contributed by atoms with E-state index in [4.69, 9.17) is 21.0 Å². The maximum Gasteiger partial charge on any atom is 0.181 e. The zero-order chi connectivity index (χ0) is 19.3. The monoisotopic (exact) mass is 452 g/mol. The van der Waals surface area contributed by atoms with Gasteiger partial charge in [-0.15, -0.1) is 0 Å². The van der Waals surface area contributed by atoms with Crippen LogP contribution in [-0.2, 0) is 6.54 Å². The highest BCUT2D eigenvalue weighted by atomic mass is 79.9. The summed E-state index contributed by atoms with van der Waals surface area (Å²) < 4.78 is 8.62. The van der Waals surface area contributed by atoms with Crippen LogP contribution in [-0.4, -0.2) is 20.2 Å². The van der Waals surface area contributed by atoms with Crippen molar-refractivity contribution < 1.29 is 4.42 Å². The number of imidazole rings is 1. The zero-order valence-corrected chi connectivity index (χ0v) is 17.2. The van der Waals surface area contributed by atoms with Gasteiger partial charge in [0.2, 0.25) is 0 Å². The lowest BCUT2D eigenvalue weighted by Gasteiger charge is -2.13. The van der Waals surface area contributed by atoms with Gasteiger partial charge in [-0.25, -0.2) is 9.97 Å². The predicted octanol–water partition coefficient (Wildman–Crippen LogP) is 5.60. The molecule has 0 aliphatic carbocycles. The molecule has 5 rings (SSSR count). The van der Waals surface area contributed by atoms with Gasteiger partial charge in [-0.1, -0.05) is 45.7 Å². The predicted molar refractivity (Wildman–Crippen MR) is 112 cm³/mol. The lowest BCUT2D eigenvalue weighted by molar-refractivity contribution is 0.568. The maximum atomic E-state index is 6.50. The Balaban J connectivity index is 1.77. The van der Waals surface area contributed by atoms with Crippen LogP contribution in [0.4, 0.5) is 0 Å². The number of aryl methyl sites for hydroxylation is 1. The Hall–Kier alpha value is -2.70. The molecule has 0 spiro atoms. The summed E-state index contributed by atoms with van der Waals surface area (Å²) in [7, 11) is 0. The number of oxazole rings is 1. The molecule has 28 heavy (non-hydrogen) atoms. The highest BCUT2D eigenvalue weighted by Crippen LogP contribution is 2.34. The highest BCUT2D eigenvalue weighted by molar-refractivity contribution is 9.10. The lowest BCUT2D eigenvalue weighted by Crippen LogP contribution is -2.07. The standard InChI is InChI=1S/C21H14BrClN4O/c1-12-21(28-11-26-12)20-18-9-24-19(14-4-2-3-5-16(14)23)15-8-13(22)6-7-17(15)27(18)10-25-20/h2-8,10-11H,9H2,1H3. The van der Waals surface area contributed by atoms with E-state index in [2.05, 4.69) is 42.6 Å². The van der Waals surface area contributed by atoms with Crippen molar-refractivity contribution in [2.45, 2.75) is 13.5 Å². The van der Waals surface area contributed by atoms with Crippen molar-refractivity contribution in [2.24, 2.45) is 4.99 Å². The van der Waals surface area contributed by atoms with Crippen molar-refractivity contribution >= 4 is 33.2 Å². The van der Waals surface area contributed by atoms with Crippen LogP contribution in [0.25, 0.3) is 17.1 Å². The molecule has 0 bridgehead atoms. The number of fused-ring (bicyclic) bond motifs is 3. The van der Waals surface area contributed by atoms with Gasteiger partial charge in [0.1, 0.15) is 12.0 Å². The van der Waals surface area contributed by atoms with Gasteiger partial charge in [0.15, 0.2) is 12.2 Å². The summed E-state index contributed by atoms with van der Waals surface area (Å²) in [5, 5.41) is 0.670. The molecule has 2 aromatic heterocycles. The van der Waals surface area contributed by atoms with E-state index in [1.165, 1.54) is 6.39 Å². The number of aromatic nitrogens is 3. The molecule has 1 aliphatic heterocycles. The van der Waals surface area contributed by atoms with Crippen LogP contribution < -0.4 is 0 Å². The first-order chi connectivity index (χ1) is 13.6. The minimum absolute atomic E-state index is 0.447. The molecule has 2 aromatic carbocycles. The van der Waals surface area contributed by atoms with Crippen LogP contribution in [0.3, 0.4) is 0 Å². The minimum Gasteiger partial charge on any atom is -0.441 e. The molecule has 138 valence electrons. The molecule has 0 amide bonds. The largest absolute Gasteiger partial charge is 0.441 e. The molecule has 0 saturated carbocycles. The number of halogens is 2. The summed E-state index contributed by atoms with van der Waals surface area (Å²) in [6, 6.07) is 13.9. The first-order valence-corrected chi connectivity index (χ1v) is 9.87. The molecule has 0 atom stereocenters. The molecule has 5 nitrogen and oxygen atoms in total. The number of nitrogens with zero attached hydrogens (tertiary/aromatic N) is 4. The van der Waals surface area contributed by atoms with Gasteiger partial charge < -0.3 is 4.42 Å². The van der Waals surface area contributed by atoms with Crippen molar-refractivity contribution in [3.05, 3.63) is 87.2 Å². The molecular weight excluding hydrogens is 440 g/mol. The van der Waals surface area contributed by atoms with E-state index >= 15 is 0 Å². The fourth-order valence-corrected chi connectivity index (χ4v) is 4.07. The second-order valence-corrected chi connectivity index (χ2v) is 7.81. The Kier molecular flexibility index (Phi) is 4.18. The zero-order valence-electron chi connectivity index (χ0n) is 14.9. The lowest BCUT2D eigenvalue weighted by atomic mass is 10.0. The summed E-state index contributed by atoms with van der Waals surface area (Å²) in [4.78, 5) is 13.7. The van der Waals surface area contributed by atoms with Crippen LogP contribution in [0.2, 0.25) is 5.02 Å². The van der Waals surface area contributed by atoms with Gasteiger partial charge in [-0.05, 0) is 31.2 Å². The molecule has 3 heterocycles. The van der Waals surface area contributed by atoms with Crippen LogP contribution in [0.15, 0.2) is 69.1 Å². The van der Waals surface area contributed by atoms with Crippen molar-refractivity contribution in [1.29, 1.82) is 0 Å². The average Bonchev–Trinajstić information content (AvgIpc) is 3.25. The van der Waals surface area contributed by atoms with Gasteiger partial charge in [0.25, 0.3) is 0 Å². The first-order valence-electron chi connectivity index (χ1n) is 8.70. The second kappa shape index (κ2) is 6.72.